The number of nitrogens with one attached hydrogen (secondary N) is 2. The van der Waals surface area contributed by atoms with Crippen molar-refractivity contribution in [1.82, 2.24) is 9.97 Å². The number of hydrogen-bond donors (Lipinski definition) is 2. The maximum absolute atomic E-state index is 13.7. The maximum atomic E-state index is 13.7. The predicted octanol–water partition coefficient (Wildman–Crippen LogP) is 5.55. The summed E-state index contributed by atoms with van der Waals surface area (Å²) in [6.45, 7) is 0. The fraction of sp³-hybridized carbons (Fsp3) is 0. The minimum Gasteiger partial charge on any atom is -0.339 e. The Balaban J connectivity index is 1.81. The van der Waals surface area contributed by atoms with Crippen LogP contribution in [0, 0.1) is 11.6 Å². The minimum absolute atomic E-state index is 0.0677. The van der Waals surface area contributed by atoms with Gasteiger partial charge in [0.1, 0.15) is 17.5 Å². The Morgan fingerprint density at radius 1 is 0.875 bits per heavy atom. The van der Waals surface area contributed by atoms with Crippen LogP contribution >= 0.6 is 23.2 Å². The third-order valence-corrected chi connectivity index (χ3v) is 3.57. The van der Waals surface area contributed by atoms with Gasteiger partial charge in [0, 0.05) is 17.3 Å². The van der Waals surface area contributed by atoms with Gasteiger partial charge in [0.05, 0.1) is 16.4 Å². The molecule has 0 bridgehead atoms. The second-order valence-corrected chi connectivity index (χ2v) is 5.61. The molecule has 8 heteroatoms. The lowest BCUT2D eigenvalue weighted by molar-refractivity contribution is 0.586. The third kappa shape index (κ3) is 3.90. The van der Waals surface area contributed by atoms with Crippen molar-refractivity contribution < 1.29 is 8.78 Å². The first-order valence-electron chi connectivity index (χ1n) is 6.78. The number of rotatable bonds is 4. The van der Waals surface area contributed by atoms with Gasteiger partial charge in [-0.1, -0.05) is 23.2 Å². The third-order valence-electron chi connectivity index (χ3n) is 3.03. The molecule has 0 aliphatic rings. The summed E-state index contributed by atoms with van der Waals surface area (Å²) in [7, 11) is 0. The lowest BCUT2D eigenvalue weighted by Gasteiger charge is -2.10. The van der Waals surface area contributed by atoms with Gasteiger partial charge in [-0.05, 0) is 36.4 Å². The van der Waals surface area contributed by atoms with Crippen LogP contribution in [0.2, 0.25) is 10.0 Å². The Morgan fingerprint density at radius 2 is 1.67 bits per heavy atom. The SMILES string of the molecule is Fc1ccc(Nc2nccc(Nc3ccc(Cl)cc3Cl)n2)c(F)c1. The van der Waals surface area contributed by atoms with Crippen LogP contribution in [0.4, 0.5) is 31.9 Å². The summed E-state index contributed by atoms with van der Waals surface area (Å²) in [5.41, 5.74) is 0.678. The molecule has 0 aliphatic carbocycles. The van der Waals surface area contributed by atoms with E-state index in [2.05, 4.69) is 20.6 Å². The average Bonchev–Trinajstić information content (AvgIpc) is 2.53. The molecule has 2 N–H and O–H groups in total. The van der Waals surface area contributed by atoms with Crippen molar-refractivity contribution in [2.75, 3.05) is 10.6 Å². The van der Waals surface area contributed by atoms with E-state index in [0.717, 1.165) is 12.1 Å². The molecule has 24 heavy (non-hydrogen) atoms. The number of anilines is 4. The molecule has 1 heterocycles. The molecule has 4 nitrogen and oxygen atoms in total. The molecule has 0 amide bonds. The van der Waals surface area contributed by atoms with Crippen molar-refractivity contribution in [3.05, 3.63) is 70.3 Å². The van der Waals surface area contributed by atoms with E-state index in [9.17, 15) is 8.78 Å². The molecule has 0 aliphatic heterocycles. The molecule has 0 spiro atoms. The van der Waals surface area contributed by atoms with Crippen LogP contribution in [-0.4, -0.2) is 9.97 Å². The van der Waals surface area contributed by atoms with Crippen molar-refractivity contribution in [2.24, 2.45) is 0 Å². The summed E-state index contributed by atoms with van der Waals surface area (Å²) in [4.78, 5) is 8.20. The summed E-state index contributed by atoms with van der Waals surface area (Å²) >= 11 is 11.9. The molecular weight excluding hydrogens is 357 g/mol. The summed E-state index contributed by atoms with van der Waals surface area (Å²) in [5.74, 6) is -0.806. The van der Waals surface area contributed by atoms with E-state index in [0.29, 0.717) is 21.6 Å². The first-order chi connectivity index (χ1) is 11.5. The summed E-state index contributed by atoms with van der Waals surface area (Å²) in [6, 6.07) is 9.80. The molecule has 3 aromatic rings. The van der Waals surface area contributed by atoms with Crippen LogP contribution in [0.3, 0.4) is 0 Å². The Bertz CT molecular complexity index is 821. The molecule has 122 valence electrons. The average molecular weight is 367 g/mol. The quantitative estimate of drug-likeness (QED) is 0.635. The van der Waals surface area contributed by atoms with E-state index in [1.165, 1.54) is 12.3 Å². The zero-order chi connectivity index (χ0) is 17.1. The van der Waals surface area contributed by atoms with Crippen LogP contribution in [0.5, 0.6) is 0 Å². The van der Waals surface area contributed by atoms with Gasteiger partial charge in [-0.25, -0.2) is 13.8 Å². The molecule has 0 saturated carbocycles. The molecule has 0 atom stereocenters. The van der Waals surface area contributed by atoms with Crippen LogP contribution < -0.4 is 10.6 Å². The van der Waals surface area contributed by atoms with Crippen molar-refractivity contribution >= 4 is 46.3 Å². The van der Waals surface area contributed by atoms with Crippen LogP contribution in [0.1, 0.15) is 0 Å². The Hall–Kier alpha value is -2.44. The topological polar surface area (TPSA) is 49.8 Å². The molecule has 1 aromatic heterocycles. The van der Waals surface area contributed by atoms with Crippen molar-refractivity contribution in [1.29, 1.82) is 0 Å². The smallest absolute Gasteiger partial charge is 0.229 e. The van der Waals surface area contributed by atoms with Crippen molar-refractivity contribution in [2.45, 2.75) is 0 Å². The molecular formula is C16H10Cl2F2N4. The van der Waals surface area contributed by atoms with Gasteiger partial charge < -0.3 is 10.6 Å². The largest absolute Gasteiger partial charge is 0.339 e. The monoisotopic (exact) mass is 366 g/mol. The van der Waals surface area contributed by atoms with Crippen molar-refractivity contribution in [3.8, 4) is 0 Å². The summed E-state index contributed by atoms with van der Waals surface area (Å²) in [6.07, 6.45) is 1.49. The molecule has 0 fully saturated rings. The van der Waals surface area contributed by atoms with Gasteiger partial charge in [-0.2, -0.15) is 4.98 Å². The summed E-state index contributed by atoms with van der Waals surface area (Å²) in [5, 5.41) is 6.65. The molecule has 0 radical (unpaired) electrons. The first-order valence-corrected chi connectivity index (χ1v) is 7.54. The zero-order valence-corrected chi connectivity index (χ0v) is 13.5. The highest BCUT2D eigenvalue weighted by Crippen LogP contribution is 2.28. The van der Waals surface area contributed by atoms with Crippen LogP contribution in [-0.2, 0) is 0 Å². The highest BCUT2D eigenvalue weighted by Gasteiger charge is 2.07. The minimum atomic E-state index is -0.738. The number of hydrogen-bond acceptors (Lipinski definition) is 4. The second kappa shape index (κ2) is 6.98. The molecule has 0 saturated heterocycles. The number of halogens is 4. The Labute approximate surface area is 146 Å². The van der Waals surface area contributed by atoms with Gasteiger partial charge >= 0.3 is 0 Å². The van der Waals surface area contributed by atoms with E-state index in [-0.39, 0.29) is 11.6 Å². The fourth-order valence-corrected chi connectivity index (χ4v) is 2.38. The standard InChI is InChI=1S/C16H10Cl2F2N4/c17-9-1-3-13(11(18)7-9)22-15-5-6-21-16(24-15)23-14-4-2-10(19)8-12(14)20/h1-8H,(H2,21,22,23,24). The highest BCUT2D eigenvalue weighted by molar-refractivity contribution is 6.36. The van der Waals surface area contributed by atoms with Crippen LogP contribution in [0.25, 0.3) is 0 Å². The second-order valence-electron chi connectivity index (χ2n) is 4.76. The van der Waals surface area contributed by atoms with E-state index in [1.807, 2.05) is 0 Å². The lowest BCUT2D eigenvalue weighted by atomic mass is 10.3. The Kier molecular flexibility index (Phi) is 4.78. The van der Waals surface area contributed by atoms with Crippen molar-refractivity contribution in [3.63, 3.8) is 0 Å². The Morgan fingerprint density at radius 3 is 2.42 bits per heavy atom. The van der Waals surface area contributed by atoms with E-state index < -0.39 is 11.6 Å². The highest BCUT2D eigenvalue weighted by atomic mass is 35.5. The van der Waals surface area contributed by atoms with Gasteiger partial charge in [-0.15, -0.1) is 0 Å². The first kappa shape index (κ1) is 16.4. The molecule has 0 unspecified atom stereocenters. The zero-order valence-electron chi connectivity index (χ0n) is 12.0. The van der Waals surface area contributed by atoms with Crippen LogP contribution in [0.15, 0.2) is 48.7 Å². The normalized spacial score (nSPS) is 10.5. The number of benzene rings is 2. The van der Waals surface area contributed by atoms with Gasteiger partial charge in [-0.3, -0.25) is 0 Å². The summed E-state index contributed by atoms with van der Waals surface area (Å²) < 4.78 is 26.6. The maximum Gasteiger partial charge on any atom is 0.229 e. The lowest BCUT2D eigenvalue weighted by Crippen LogP contribution is -2.02. The van der Waals surface area contributed by atoms with Gasteiger partial charge in [0.15, 0.2) is 0 Å². The van der Waals surface area contributed by atoms with E-state index in [4.69, 9.17) is 23.2 Å². The van der Waals surface area contributed by atoms with Gasteiger partial charge in [0.25, 0.3) is 0 Å². The fourth-order valence-electron chi connectivity index (χ4n) is 1.93. The number of aromatic nitrogens is 2. The predicted molar refractivity (Wildman–Crippen MR) is 91.4 cm³/mol. The molecule has 2 aromatic carbocycles. The van der Waals surface area contributed by atoms with Gasteiger partial charge in [0.2, 0.25) is 5.95 Å². The molecule has 3 rings (SSSR count). The number of nitrogens with zero attached hydrogens (tertiary/aromatic N) is 2. The van der Waals surface area contributed by atoms with E-state index >= 15 is 0 Å². The van der Waals surface area contributed by atoms with E-state index in [1.54, 1.807) is 24.3 Å².